The highest BCUT2D eigenvalue weighted by atomic mass is 15.2. The van der Waals surface area contributed by atoms with E-state index >= 15 is 0 Å². The molecule has 0 fully saturated rings. The van der Waals surface area contributed by atoms with Gasteiger partial charge in [-0.2, -0.15) is 0 Å². The van der Waals surface area contributed by atoms with E-state index in [9.17, 15) is 0 Å². The second-order valence-electron chi connectivity index (χ2n) is 4.60. The average molecular weight is 241 g/mol. The fourth-order valence-corrected chi connectivity index (χ4v) is 1.94. The summed E-state index contributed by atoms with van der Waals surface area (Å²) in [5.41, 5.74) is 9.41. The maximum absolute atomic E-state index is 5.99. The lowest BCUT2D eigenvalue weighted by atomic mass is 10.1. The molecule has 0 bridgehead atoms. The number of hydrogen-bond donors (Lipinski definition) is 1. The predicted octanol–water partition coefficient (Wildman–Crippen LogP) is 3.18. The average Bonchev–Trinajstić information content (AvgIpc) is 2.39. The van der Waals surface area contributed by atoms with Crippen molar-refractivity contribution in [1.29, 1.82) is 0 Å². The van der Waals surface area contributed by atoms with E-state index < -0.39 is 0 Å². The maximum atomic E-state index is 5.99. The van der Waals surface area contributed by atoms with Crippen LogP contribution in [0, 0.1) is 6.92 Å². The third-order valence-corrected chi connectivity index (χ3v) is 3.05. The molecule has 0 saturated heterocycles. The molecule has 1 heterocycles. The Kier molecular flexibility index (Phi) is 3.63. The normalized spacial score (nSPS) is 12.2. The number of nitrogens with two attached hydrogens (primary N) is 1. The summed E-state index contributed by atoms with van der Waals surface area (Å²) in [6.45, 7) is 4.06. The molecule has 2 rings (SSSR count). The lowest BCUT2D eigenvalue weighted by molar-refractivity contribution is 0.807. The van der Waals surface area contributed by atoms with Crippen LogP contribution in [0.2, 0.25) is 0 Å². The molecule has 0 radical (unpaired) electrons. The van der Waals surface area contributed by atoms with Gasteiger partial charge in [-0.1, -0.05) is 23.8 Å². The van der Waals surface area contributed by atoms with Gasteiger partial charge in [0.25, 0.3) is 0 Å². The van der Waals surface area contributed by atoms with E-state index in [2.05, 4.69) is 41.1 Å². The standard InChI is InChI=1S/C15H19N3/c1-11-6-8-13(9-7-11)18(3)15-14(12(2)16)5-4-10-17-15/h4-10,12H,16H2,1-3H3/t12-/m0/s1. The van der Waals surface area contributed by atoms with Crippen LogP contribution in [0.25, 0.3) is 0 Å². The quantitative estimate of drug-likeness (QED) is 0.897. The molecule has 2 aromatic rings. The number of pyridine rings is 1. The van der Waals surface area contributed by atoms with Gasteiger partial charge < -0.3 is 10.6 Å². The summed E-state index contributed by atoms with van der Waals surface area (Å²) in [4.78, 5) is 6.51. The highest BCUT2D eigenvalue weighted by Crippen LogP contribution is 2.27. The highest BCUT2D eigenvalue weighted by Gasteiger charge is 2.12. The van der Waals surface area contributed by atoms with Crippen molar-refractivity contribution in [2.24, 2.45) is 5.73 Å². The second-order valence-corrected chi connectivity index (χ2v) is 4.60. The molecule has 0 unspecified atom stereocenters. The summed E-state index contributed by atoms with van der Waals surface area (Å²) in [6, 6.07) is 12.3. The van der Waals surface area contributed by atoms with E-state index in [-0.39, 0.29) is 6.04 Å². The minimum Gasteiger partial charge on any atom is -0.329 e. The number of rotatable bonds is 3. The zero-order valence-corrected chi connectivity index (χ0v) is 11.1. The van der Waals surface area contributed by atoms with E-state index in [1.165, 1.54) is 5.56 Å². The van der Waals surface area contributed by atoms with Crippen LogP contribution in [-0.2, 0) is 0 Å². The van der Waals surface area contributed by atoms with Crippen LogP contribution >= 0.6 is 0 Å². The van der Waals surface area contributed by atoms with Crippen LogP contribution in [0.3, 0.4) is 0 Å². The van der Waals surface area contributed by atoms with Crippen molar-refractivity contribution in [2.45, 2.75) is 19.9 Å². The number of aryl methyl sites for hydroxylation is 1. The van der Waals surface area contributed by atoms with E-state index in [1.54, 1.807) is 6.20 Å². The number of anilines is 2. The van der Waals surface area contributed by atoms with Crippen LogP contribution < -0.4 is 10.6 Å². The Bertz CT molecular complexity index is 518. The van der Waals surface area contributed by atoms with Gasteiger partial charge in [0.15, 0.2) is 0 Å². The molecule has 0 saturated carbocycles. The summed E-state index contributed by atoms with van der Waals surface area (Å²) < 4.78 is 0. The second kappa shape index (κ2) is 5.19. The summed E-state index contributed by atoms with van der Waals surface area (Å²) in [7, 11) is 2.01. The molecule has 1 atom stereocenters. The Labute approximate surface area is 108 Å². The van der Waals surface area contributed by atoms with E-state index in [1.807, 2.05) is 26.1 Å². The molecule has 18 heavy (non-hydrogen) atoms. The predicted molar refractivity (Wildman–Crippen MR) is 76.1 cm³/mol. The smallest absolute Gasteiger partial charge is 0.137 e. The highest BCUT2D eigenvalue weighted by molar-refractivity contribution is 5.62. The number of benzene rings is 1. The number of aromatic nitrogens is 1. The van der Waals surface area contributed by atoms with Gasteiger partial charge in [-0.05, 0) is 32.0 Å². The van der Waals surface area contributed by atoms with Crippen LogP contribution in [-0.4, -0.2) is 12.0 Å². The topological polar surface area (TPSA) is 42.2 Å². The molecule has 1 aromatic heterocycles. The minimum absolute atomic E-state index is 0.0263. The molecule has 0 aliphatic heterocycles. The van der Waals surface area contributed by atoms with Gasteiger partial charge in [0.1, 0.15) is 5.82 Å². The lowest BCUT2D eigenvalue weighted by Crippen LogP contribution is -2.17. The van der Waals surface area contributed by atoms with Crippen LogP contribution in [0.1, 0.15) is 24.1 Å². The zero-order chi connectivity index (χ0) is 13.1. The Hall–Kier alpha value is -1.87. The fraction of sp³-hybridized carbons (Fsp3) is 0.267. The summed E-state index contributed by atoms with van der Waals surface area (Å²) in [6.07, 6.45) is 1.80. The van der Waals surface area contributed by atoms with Crippen LogP contribution in [0.4, 0.5) is 11.5 Å². The molecule has 0 aliphatic rings. The van der Waals surface area contributed by atoms with Crippen molar-refractivity contribution in [3.63, 3.8) is 0 Å². The molecule has 0 spiro atoms. The van der Waals surface area contributed by atoms with Gasteiger partial charge in [-0.25, -0.2) is 4.98 Å². The molecular weight excluding hydrogens is 222 g/mol. The molecule has 94 valence electrons. The van der Waals surface area contributed by atoms with Crippen molar-refractivity contribution >= 4 is 11.5 Å². The molecule has 1 aromatic carbocycles. The summed E-state index contributed by atoms with van der Waals surface area (Å²) in [5, 5.41) is 0. The van der Waals surface area contributed by atoms with E-state index in [0.717, 1.165) is 17.1 Å². The van der Waals surface area contributed by atoms with Crippen LogP contribution in [0.15, 0.2) is 42.6 Å². The van der Waals surface area contributed by atoms with Crippen molar-refractivity contribution < 1.29 is 0 Å². The van der Waals surface area contributed by atoms with Crippen LogP contribution in [0.5, 0.6) is 0 Å². The van der Waals surface area contributed by atoms with E-state index in [0.29, 0.717) is 0 Å². The molecule has 0 amide bonds. The van der Waals surface area contributed by atoms with Crippen molar-refractivity contribution in [2.75, 3.05) is 11.9 Å². The monoisotopic (exact) mass is 241 g/mol. The van der Waals surface area contributed by atoms with Crippen molar-refractivity contribution in [1.82, 2.24) is 4.98 Å². The van der Waals surface area contributed by atoms with Gasteiger partial charge in [0.05, 0.1) is 0 Å². The first-order valence-corrected chi connectivity index (χ1v) is 6.10. The third kappa shape index (κ3) is 2.51. The first-order valence-electron chi connectivity index (χ1n) is 6.10. The van der Waals surface area contributed by atoms with Gasteiger partial charge in [0.2, 0.25) is 0 Å². The minimum atomic E-state index is -0.0263. The first-order chi connectivity index (χ1) is 8.59. The van der Waals surface area contributed by atoms with E-state index in [4.69, 9.17) is 5.73 Å². The molecule has 2 N–H and O–H groups in total. The van der Waals surface area contributed by atoms with Gasteiger partial charge in [-0.3, -0.25) is 0 Å². The molecule has 0 aliphatic carbocycles. The lowest BCUT2D eigenvalue weighted by Gasteiger charge is -2.22. The SMILES string of the molecule is Cc1ccc(N(C)c2ncccc2[C@H](C)N)cc1. The molecule has 3 heteroatoms. The molecular formula is C15H19N3. The fourth-order valence-electron chi connectivity index (χ4n) is 1.94. The van der Waals surface area contributed by atoms with Gasteiger partial charge in [0, 0.05) is 30.5 Å². The number of hydrogen-bond acceptors (Lipinski definition) is 3. The molecule has 3 nitrogen and oxygen atoms in total. The summed E-state index contributed by atoms with van der Waals surface area (Å²) in [5.74, 6) is 0.913. The largest absolute Gasteiger partial charge is 0.329 e. The first kappa shape index (κ1) is 12.6. The maximum Gasteiger partial charge on any atom is 0.137 e. The van der Waals surface area contributed by atoms with Gasteiger partial charge in [-0.15, -0.1) is 0 Å². The Morgan fingerprint density at radius 1 is 1.17 bits per heavy atom. The third-order valence-electron chi connectivity index (χ3n) is 3.05. The van der Waals surface area contributed by atoms with Crippen molar-refractivity contribution in [3.05, 3.63) is 53.7 Å². The van der Waals surface area contributed by atoms with Gasteiger partial charge >= 0.3 is 0 Å². The Balaban J connectivity index is 2.39. The Morgan fingerprint density at radius 2 is 1.83 bits per heavy atom. The Morgan fingerprint density at radius 3 is 2.44 bits per heavy atom. The summed E-state index contributed by atoms with van der Waals surface area (Å²) >= 11 is 0. The van der Waals surface area contributed by atoms with Crippen molar-refractivity contribution in [3.8, 4) is 0 Å². The number of nitrogens with zero attached hydrogens (tertiary/aromatic N) is 2. The zero-order valence-electron chi connectivity index (χ0n) is 11.1.